The average molecular weight is 349 g/mol. The van der Waals surface area contributed by atoms with Crippen molar-refractivity contribution in [1.82, 2.24) is 5.32 Å². The highest BCUT2D eigenvalue weighted by atomic mass is 35.5. The number of hydrogen-bond acceptors (Lipinski definition) is 2. The summed E-state index contributed by atoms with van der Waals surface area (Å²) in [5.74, 6) is -0.645. The molecule has 1 aliphatic rings. The zero-order valence-corrected chi connectivity index (χ0v) is 15.1. The third kappa shape index (κ3) is 4.84. The summed E-state index contributed by atoms with van der Waals surface area (Å²) in [5.41, 5.74) is 0.748. The number of rotatable bonds is 6. The first-order valence-corrected chi connectivity index (χ1v) is 8.81. The summed E-state index contributed by atoms with van der Waals surface area (Å²) in [4.78, 5) is 24.8. The third-order valence-electron chi connectivity index (χ3n) is 4.37. The van der Waals surface area contributed by atoms with Gasteiger partial charge in [-0.3, -0.25) is 9.59 Å². The molecule has 24 heavy (non-hydrogen) atoms. The van der Waals surface area contributed by atoms with Gasteiger partial charge in [-0.1, -0.05) is 35.4 Å². The van der Waals surface area contributed by atoms with Crippen molar-refractivity contribution >= 4 is 29.1 Å². The fraction of sp³-hybridized carbons (Fsp3) is 0.474. The summed E-state index contributed by atoms with van der Waals surface area (Å²) in [5, 5.41) is 6.06. The van der Waals surface area contributed by atoms with Crippen molar-refractivity contribution in [3.8, 4) is 0 Å². The Bertz CT molecular complexity index is 638. The molecule has 2 amide bonds. The van der Waals surface area contributed by atoms with E-state index in [0.717, 1.165) is 19.3 Å². The standard InChI is InChI=1S/C19H25ClN2O2/c1-19(2,18(24)22-16-11-7-6-10-15(16)20)17(23)21-13-12-14-8-4-3-5-9-14/h6-8,10-11H,3-5,9,12-13H2,1-2H3,(H,21,23)(H,22,24). The van der Waals surface area contributed by atoms with Crippen molar-refractivity contribution in [2.45, 2.75) is 46.0 Å². The number of hydrogen-bond donors (Lipinski definition) is 2. The molecule has 2 N–H and O–H groups in total. The lowest BCUT2D eigenvalue weighted by Crippen LogP contribution is -2.45. The van der Waals surface area contributed by atoms with E-state index in [9.17, 15) is 9.59 Å². The Morgan fingerprint density at radius 3 is 2.58 bits per heavy atom. The van der Waals surface area contributed by atoms with Gasteiger partial charge in [-0.2, -0.15) is 0 Å². The maximum atomic E-state index is 12.5. The summed E-state index contributed by atoms with van der Waals surface area (Å²) in [6.07, 6.45) is 7.86. The molecule has 2 rings (SSSR count). The Morgan fingerprint density at radius 1 is 1.17 bits per heavy atom. The van der Waals surface area contributed by atoms with E-state index in [-0.39, 0.29) is 11.8 Å². The van der Waals surface area contributed by atoms with Crippen LogP contribution in [0.2, 0.25) is 5.02 Å². The number of nitrogens with one attached hydrogen (secondary N) is 2. The van der Waals surface area contributed by atoms with Crippen molar-refractivity contribution in [1.29, 1.82) is 0 Å². The second-order valence-corrected chi connectivity index (χ2v) is 7.08. The zero-order valence-electron chi connectivity index (χ0n) is 14.3. The second-order valence-electron chi connectivity index (χ2n) is 6.67. The lowest BCUT2D eigenvalue weighted by molar-refractivity contribution is -0.138. The predicted molar refractivity (Wildman–Crippen MR) is 98.0 cm³/mol. The fourth-order valence-corrected chi connectivity index (χ4v) is 2.82. The highest BCUT2D eigenvalue weighted by Gasteiger charge is 2.36. The van der Waals surface area contributed by atoms with Crippen LogP contribution in [0.1, 0.15) is 46.0 Å². The molecule has 0 saturated heterocycles. The fourth-order valence-electron chi connectivity index (χ4n) is 2.63. The molecule has 1 aromatic carbocycles. The van der Waals surface area contributed by atoms with Crippen LogP contribution in [0.4, 0.5) is 5.69 Å². The van der Waals surface area contributed by atoms with Crippen molar-refractivity contribution in [2.24, 2.45) is 5.41 Å². The highest BCUT2D eigenvalue weighted by molar-refractivity contribution is 6.33. The molecule has 0 aromatic heterocycles. The third-order valence-corrected chi connectivity index (χ3v) is 4.70. The summed E-state index contributed by atoms with van der Waals surface area (Å²) in [6.45, 7) is 3.80. The van der Waals surface area contributed by atoms with Gasteiger partial charge >= 0.3 is 0 Å². The molecular formula is C19H25ClN2O2. The quantitative estimate of drug-likeness (QED) is 0.594. The molecule has 0 saturated carbocycles. The zero-order chi connectivity index (χ0) is 17.6. The van der Waals surface area contributed by atoms with Crippen LogP contribution in [-0.4, -0.2) is 18.4 Å². The Morgan fingerprint density at radius 2 is 1.92 bits per heavy atom. The topological polar surface area (TPSA) is 58.2 Å². The molecule has 1 aliphatic carbocycles. The van der Waals surface area contributed by atoms with Crippen LogP contribution in [0.3, 0.4) is 0 Å². The SMILES string of the molecule is CC(C)(C(=O)NCCC1=CCCCC1)C(=O)Nc1ccccc1Cl. The van der Waals surface area contributed by atoms with Gasteiger partial charge in [-0.25, -0.2) is 0 Å². The van der Waals surface area contributed by atoms with Gasteiger partial charge in [0.05, 0.1) is 10.7 Å². The number of amides is 2. The van der Waals surface area contributed by atoms with Gasteiger partial charge in [0, 0.05) is 6.54 Å². The van der Waals surface area contributed by atoms with Crippen LogP contribution in [-0.2, 0) is 9.59 Å². The maximum Gasteiger partial charge on any atom is 0.239 e. The first-order chi connectivity index (χ1) is 11.4. The summed E-state index contributed by atoms with van der Waals surface area (Å²) in [6, 6.07) is 6.98. The number of para-hydroxylation sites is 1. The molecule has 0 radical (unpaired) electrons. The monoisotopic (exact) mass is 348 g/mol. The smallest absolute Gasteiger partial charge is 0.239 e. The summed E-state index contributed by atoms with van der Waals surface area (Å²) >= 11 is 6.05. The van der Waals surface area contributed by atoms with Gasteiger partial charge in [0.15, 0.2) is 0 Å². The summed E-state index contributed by atoms with van der Waals surface area (Å²) in [7, 11) is 0. The Kier molecular flexibility index (Phi) is 6.44. The minimum absolute atomic E-state index is 0.275. The van der Waals surface area contributed by atoms with Crippen LogP contribution in [0, 0.1) is 5.41 Å². The molecule has 0 unspecified atom stereocenters. The van der Waals surface area contributed by atoms with Crippen molar-refractivity contribution in [3.63, 3.8) is 0 Å². The number of benzene rings is 1. The van der Waals surface area contributed by atoms with Gasteiger partial charge in [0.1, 0.15) is 5.41 Å². The molecule has 0 fully saturated rings. The first-order valence-electron chi connectivity index (χ1n) is 8.43. The van der Waals surface area contributed by atoms with Crippen LogP contribution in [0.5, 0.6) is 0 Å². The molecule has 130 valence electrons. The lowest BCUT2D eigenvalue weighted by atomic mass is 9.90. The predicted octanol–water partition coefficient (Wildman–Crippen LogP) is 4.31. The van der Waals surface area contributed by atoms with Gasteiger partial charge in [0.2, 0.25) is 11.8 Å². The van der Waals surface area contributed by atoms with E-state index in [1.165, 1.54) is 18.4 Å². The molecular weight excluding hydrogens is 324 g/mol. The van der Waals surface area contributed by atoms with E-state index in [0.29, 0.717) is 17.3 Å². The van der Waals surface area contributed by atoms with E-state index in [2.05, 4.69) is 16.7 Å². The van der Waals surface area contributed by atoms with Gasteiger partial charge < -0.3 is 10.6 Å². The second kappa shape index (κ2) is 8.34. The maximum absolute atomic E-state index is 12.5. The Hall–Kier alpha value is -1.81. The molecule has 1 aromatic rings. The minimum atomic E-state index is -1.17. The number of allylic oxidation sites excluding steroid dienone is 1. The molecule has 0 aliphatic heterocycles. The molecule has 0 spiro atoms. The van der Waals surface area contributed by atoms with E-state index < -0.39 is 5.41 Å². The van der Waals surface area contributed by atoms with Crippen LogP contribution in [0.25, 0.3) is 0 Å². The lowest BCUT2D eigenvalue weighted by Gasteiger charge is -2.23. The van der Waals surface area contributed by atoms with Crippen LogP contribution < -0.4 is 10.6 Å². The number of carbonyl (C=O) groups excluding carboxylic acids is 2. The van der Waals surface area contributed by atoms with E-state index >= 15 is 0 Å². The van der Waals surface area contributed by atoms with Crippen LogP contribution >= 0.6 is 11.6 Å². The Balaban J connectivity index is 1.88. The van der Waals surface area contributed by atoms with E-state index in [1.807, 2.05) is 0 Å². The Labute approximate surface area is 148 Å². The molecule has 4 nitrogen and oxygen atoms in total. The molecule has 0 bridgehead atoms. The summed E-state index contributed by atoms with van der Waals surface area (Å²) < 4.78 is 0. The van der Waals surface area contributed by atoms with Gasteiger partial charge in [-0.05, 0) is 58.1 Å². The molecule has 5 heteroatoms. The van der Waals surface area contributed by atoms with Crippen molar-refractivity contribution in [2.75, 3.05) is 11.9 Å². The van der Waals surface area contributed by atoms with Crippen molar-refractivity contribution < 1.29 is 9.59 Å². The van der Waals surface area contributed by atoms with Gasteiger partial charge in [-0.15, -0.1) is 0 Å². The van der Waals surface area contributed by atoms with Crippen molar-refractivity contribution in [3.05, 3.63) is 40.9 Å². The number of halogens is 1. The largest absolute Gasteiger partial charge is 0.355 e. The number of carbonyl (C=O) groups is 2. The van der Waals surface area contributed by atoms with Gasteiger partial charge in [0.25, 0.3) is 0 Å². The average Bonchev–Trinajstić information content (AvgIpc) is 2.57. The highest BCUT2D eigenvalue weighted by Crippen LogP contribution is 2.25. The molecule has 0 atom stereocenters. The molecule has 0 heterocycles. The first kappa shape index (κ1) is 18.5. The van der Waals surface area contributed by atoms with E-state index in [4.69, 9.17) is 11.6 Å². The van der Waals surface area contributed by atoms with Crippen LogP contribution in [0.15, 0.2) is 35.9 Å². The minimum Gasteiger partial charge on any atom is -0.355 e. The normalized spacial score (nSPS) is 14.7. The van der Waals surface area contributed by atoms with E-state index in [1.54, 1.807) is 38.1 Å². The number of anilines is 1.